The van der Waals surface area contributed by atoms with Gasteiger partial charge in [0.15, 0.2) is 0 Å². The Hall–Kier alpha value is -3.40. The third-order valence-corrected chi connectivity index (χ3v) is 4.30. The van der Waals surface area contributed by atoms with E-state index in [1.54, 1.807) is 6.07 Å². The number of nitrogens with one attached hydrogen (secondary N) is 1. The second kappa shape index (κ2) is 6.84. The minimum Gasteiger partial charge on any atom is -0.332 e. The van der Waals surface area contributed by atoms with E-state index in [9.17, 15) is 9.18 Å². The molecule has 0 aliphatic carbocycles. The van der Waals surface area contributed by atoms with Gasteiger partial charge in [-0.05, 0) is 42.0 Å². The molecule has 0 unspecified atom stereocenters. The molecule has 0 saturated carbocycles. The van der Waals surface area contributed by atoms with E-state index >= 15 is 0 Å². The number of nitrogens with zero attached hydrogens (tertiary/aromatic N) is 1. The SMILES string of the molecule is O=C(Nc1ccccc1)c1cc2ccccc2n1Cc1cccc(F)c1. The molecule has 0 aliphatic heterocycles. The molecule has 4 heteroatoms. The van der Waals surface area contributed by atoms with Crippen LogP contribution in [0.4, 0.5) is 10.1 Å². The maximum Gasteiger partial charge on any atom is 0.272 e. The highest BCUT2D eigenvalue weighted by Gasteiger charge is 2.16. The van der Waals surface area contributed by atoms with Crippen molar-refractivity contribution in [3.63, 3.8) is 0 Å². The molecule has 1 N–H and O–H groups in total. The molecule has 3 nitrogen and oxygen atoms in total. The zero-order valence-electron chi connectivity index (χ0n) is 14.0. The summed E-state index contributed by atoms with van der Waals surface area (Å²) in [5, 5.41) is 3.90. The number of anilines is 1. The zero-order chi connectivity index (χ0) is 17.9. The van der Waals surface area contributed by atoms with Gasteiger partial charge >= 0.3 is 0 Å². The topological polar surface area (TPSA) is 34.0 Å². The molecule has 0 aliphatic rings. The molecule has 1 aromatic heterocycles. The molecule has 4 aromatic rings. The summed E-state index contributed by atoms with van der Waals surface area (Å²) in [5.74, 6) is -0.474. The molecule has 0 spiro atoms. The smallest absolute Gasteiger partial charge is 0.272 e. The molecular weight excluding hydrogens is 327 g/mol. The van der Waals surface area contributed by atoms with Crippen molar-refractivity contribution >= 4 is 22.5 Å². The Bertz CT molecular complexity index is 1070. The van der Waals surface area contributed by atoms with E-state index in [1.807, 2.05) is 71.3 Å². The number of carbonyl (C=O) groups is 1. The van der Waals surface area contributed by atoms with Gasteiger partial charge in [-0.1, -0.05) is 48.5 Å². The first-order chi connectivity index (χ1) is 12.7. The van der Waals surface area contributed by atoms with Gasteiger partial charge in [0.1, 0.15) is 11.5 Å². The number of halogens is 1. The highest BCUT2D eigenvalue weighted by Crippen LogP contribution is 2.22. The lowest BCUT2D eigenvalue weighted by Gasteiger charge is -2.11. The number of rotatable bonds is 4. The van der Waals surface area contributed by atoms with Crippen LogP contribution in [0.25, 0.3) is 10.9 Å². The predicted molar refractivity (Wildman–Crippen MR) is 102 cm³/mol. The van der Waals surface area contributed by atoms with Crippen LogP contribution in [0.15, 0.2) is 84.9 Å². The highest BCUT2D eigenvalue weighted by molar-refractivity contribution is 6.06. The van der Waals surface area contributed by atoms with Crippen LogP contribution in [0.1, 0.15) is 16.1 Å². The van der Waals surface area contributed by atoms with Gasteiger partial charge in [0.25, 0.3) is 5.91 Å². The molecule has 0 atom stereocenters. The van der Waals surface area contributed by atoms with Crippen LogP contribution in [0.2, 0.25) is 0 Å². The number of para-hydroxylation sites is 2. The first kappa shape index (κ1) is 16.1. The first-order valence-corrected chi connectivity index (χ1v) is 8.40. The van der Waals surface area contributed by atoms with Crippen LogP contribution >= 0.6 is 0 Å². The minimum atomic E-state index is -0.283. The normalized spacial score (nSPS) is 10.8. The van der Waals surface area contributed by atoms with Crippen LogP contribution in [0.3, 0.4) is 0 Å². The summed E-state index contributed by atoms with van der Waals surface area (Å²) in [7, 11) is 0. The van der Waals surface area contributed by atoms with E-state index < -0.39 is 0 Å². The van der Waals surface area contributed by atoms with E-state index in [-0.39, 0.29) is 11.7 Å². The fourth-order valence-electron chi connectivity index (χ4n) is 3.10. The van der Waals surface area contributed by atoms with Crippen molar-refractivity contribution in [2.75, 3.05) is 5.32 Å². The number of benzene rings is 3. The van der Waals surface area contributed by atoms with Crippen molar-refractivity contribution in [3.8, 4) is 0 Å². The molecule has 0 radical (unpaired) electrons. The maximum atomic E-state index is 13.6. The Balaban J connectivity index is 1.75. The second-order valence-corrected chi connectivity index (χ2v) is 6.12. The number of aromatic nitrogens is 1. The Kier molecular flexibility index (Phi) is 4.23. The molecular formula is C22H17FN2O. The summed E-state index contributed by atoms with van der Waals surface area (Å²) in [6.45, 7) is 0.419. The molecule has 1 amide bonds. The van der Waals surface area contributed by atoms with Gasteiger partial charge in [0.2, 0.25) is 0 Å². The van der Waals surface area contributed by atoms with Crippen molar-refractivity contribution in [1.82, 2.24) is 4.57 Å². The van der Waals surface area contributed by atoms with Crippen LogP contribution in [-0.4, -0.2) is 10.5 Å². The van der Waals surface area contributed by atoms with E-state index in [2.05, 4.69) is 5.32 Å². The molecule has 0 bridgehead atoms. The number of fused-ring (bicyclic) bond motifs is 1. The molecule has 3 aromatic carbocycles. The summed E-state index contributed by atoms with van der Waals surface area (Å²) in [4.78, 5) is 12.9. The average Bonchev–Trinajstić information content (AvgIpc) is 3.01. The molecule has 0 fully saturated rings. The van der Waals surface area contributed by atoms with Crippen LogP contribution in [0.5, 0.6) is 0 Å². The Morgan fingerprint density at radius 3 is 2.46 bits per heavy atom. The first-order valence-electron chi connectivity index (χ1n) is 8.40. The summed E-state index contributed by atoms with van der Waals surface area (Å²) in [5.41, 5.74) is 3.02. The lowest BCUT2D eigenvalue weighted by molar-refractivity contribution is 0.101. The number of hydrogen-bond acceptors (Lipinski definition) is 1. The molecule has 4 rings (SSSR count). The summed E-state index contributed by atoms with van der Waals surface area (Å²) < 4.78 is 15.5. The van der Waals surface area contributed by atoms with Crippen molar-refractivity contribution in [3.05, 3.63) is 102 Å². The molecule has 26 heavy (non-hydrogen) atoms. The summed E-state index contributed by atoms with van der Waals surface area (Å²) >= 11 is 0. The lowest BCUT2D eigenvalue weighted by atomic mass is 10.2. The van der Waals surface area contributed by atoms with Crippen LogP contribution in [-0.2, 0) is 6.54 Å². The fourth-order valence-corrected chi connectivity index (χ4v) is 3.10. The number of carbonyl (C=O) groups excluding carboxylic acids is 1. The van der Waals surface area contributed by atoms with Crippen molar-refractivity contribution in [2.24, 2.45) is 0 Å². The van der Waals surface area contributed by atoms with Gasteiger partial charge < -0.3 is 9.88 Å². The molecule has 1 heterocycles. The standard InChI is InChI=1S/C22H17FN2O/c23-18-9-6-7-16(13-18)15-25-20-12-5-4-8-17(20)14-21(25)22(26)24-19-10-2-1-3-11-19/h1-14H,15H2,(H,24,26). The zero-order valence-corrected chi connectivity index (χ0v) is 14.0. The predicted octanol–water partition coefficient (Wildman–Crippen LogP) is 5.08. The van der Waals surface area contributed by atoms with Gasteiger partial charge in [0, 0.05) is 23.1 Å². The number of amides is 1. The van der Waals surface area contributed by atoms with Gasteiger partial charge in [-0.25, -0.2) is 4.39 Å². The largest absolute Gasteiger partial charge is 0.332 e. The van der Waals surface area contributed by atoms with Crippen molar-refractivity contribution in [2.45, 2.75) is 6.54 Å². The van der Waals surface area contributed by atoms with Gasteiger partial charge in [0.05, 0.1) is 0 Å². The monoisotopic (exact) mass is 344 g/mol. The van der Waals surface area contributed by atoms with Gasteiger partial charge in [-0.2, -0.15) is 0 Å². The van der Waals surface area contributed by atoms with Crippen LogP contribution in [0, 0.1) is 5.82 Å². The van der Waals surface area contributed by atoms with E-state index in [0.717, 1.165) is 22.2 Å². The Labute approximate surface area is 150 Å². The molecule has 0 saturated heterocycles. The van der Waals surface area contributed by atoms with E-state index in [0.29, 0.717) is 12.2 Å². The quantitative estimate of drug-likeness (QED) is 0.550. The second-order valence-electron chi connectivity index (χ2n) is 6.12. The van der Waals surface area contributed by atoms with Crippen LogP contribution < -0.4 is 5.32 Å². The van der Waals surface area contributed by atoms with Gasteiger partial charge in [-0.3, -0.25) is 4.79 Å². The highest BCUT2D eigenvalue weighted by atomic mass is 19.1. The third kappa shape index (κ3) is 3.22. The lowest BCUT2D eigenvalue weighted by Crippen LogP contribution is -2.17. The number of hydrogen-bond donors (Lipinski definition) is 1. The average molecular weight is 344 g/mol. The third-order valence-electron chi connectivity index (χ3n) is 4.30. The fraction of sp³-hybridized carbons (Fsp3) is 0.0455. The molecule has 128 valence electrons. The summed E-state index contributed by atoms with van der Waals surface area (Å²) in [6, 6.07) is 25.5. The van der Waals surface area contributed by atoms with E-state index in [1.165, 1.54) is 12.1 Å². The van der Waals surface area contributed by atoms with E-state index in [4.69, 9.17) is 0 Å². The maximum absolute atomic E-state index is 13.6. The van der Waals surface area contributed by atoms with Crippen molar-refractivity contribution in [1.29, 1.82) is 0 Å². The Morgan fingerprint density at radius 1 is 0.885 bits per heavy atom. The summed E-state index contributed by atoms with van der Waals surface area (Å²) in [6.07, 6.45) is 0. The minimum absolute atomic E-state index is 0.191. The van der Waals surface area contributed by atoms with Crippen molar-refractivity contribution < 1.29 is 9.18 Å². The Morgan fingerprint density at radius 2 is 1.65 bits per heavy atom. The van der Waals surface area contributed by atoms with Gasteiger partial charge in [-0.15, -0.1) is 0 Å².